The van der Waals surface area contributed by atoms with Crippen molar-refractivity contribution in [1.29, 1.82) is 0 Å². The van der Waals surface area contributed by atoms with Crippen molar-refractivity contribution in [2.75, 3.05) is 11.9 Å². The van der Waals surface area contributed by atoms with Gasteiger partial charge in [0.1, 0.15) is 17.6 Å². The number of nitrogens with one attached hydrogen (secondary N) is 2. The molecule has 4 nitrogen and oxygen atoms in total. The van der Waals surface area contributed by atoms with Gasteiger partial charge in [-0.3, -0.25) is 0 Å². The average Bonchev–Trinajstić information content (AvgIpc) is 2.94. The van der Waals surface area contributed by atoms with Gasteiger partial charge in [0.25, 0.3) is 0 Å². The first-order chi connectivity index (χ1) is 12.1. The molecule has 1 aliphatic heterocycles. The van der Waals surface area contributed by atoms with E-state index < -0.39 is 0 Å². The van der Waals surface area contributed by atoms with E-state index in [9.17, 15) is 0 Å². The highest BCUT2D eigenvalue weighted by Crippen LogP contribution is 2.35. The molecular formula is C20H24N2O2S. The molecule has 2 aromatic carbocycles. The monoisotopic (exact) mass is 356 g/mol. The standard InChI is InChI=1S/C20H24N2O2S/c1-4-23-18-10-15-9-14(3)24-19(15)11-16(18)12-21-20(25)22-17-8-6-5-7-13(17)2/h5-8,10-11,14H,4,9,12H2,1-3H3,(H2,21,22,25)/t14-/m0/s1. The summed E-state index contributed by atoms with van der Waals surface area (Å²) < 4.78 is 11.7. The quantitative estimate of drug-likeness (QED) is 0.786. The van der Waals surface area contributed by atoms with Crippen LogP contribution in [0.4, 0.5) is 5.69 Å². The molecule has 0 spiro atoms. The van der Waals surface area contributed by atoms with Crippen LogP contribution in [0.25, 0.3) is 0 Å². The molecular weight excluding hydrogens is 332 g/mol. The minimum absolute atomic E-state index is 0.219. The third-order valence-electron chi connectivity index (χ3n) is 4.21. The number of fused-ring (bicyclic) bond motifs is 1. The molecule has 0 amide bonds. The average molecular weight is 356 g/mol. The zero-order valence-electron chi connectivity index (χ0n) is 14.9. The van der Waals surface area contributed by atoms with Crippen LogP contribution in [-0.4, -0.2) is 17.8 Å². The van der Waals surface area contributed by atoms with Gasteiger partial charge in [-0.1, -0.05) is 18.2 Å². The highest BCUT2D eigenvalue weighted by molar-refractivity contribution is 7.80. The summed E-state index contributed by atoms with van der Waals surface area (Å²) in [6, 6.07) is 12.2. The van der Waals surface area contributed by atoms with Crippen LogP contribution in [-0.2, 0) is 13.0 Å². The molecule has 2 aromatic rings. The first-order valence-corrected chi connectivity index (χ1v) is 9.03. The predicted octanol–water partition coefficient (Wildman–Crippen LogP) is 4.20. The van der Waals surface area contributed by atoms with Crippen molar-refractivity contribution in [3.8, 4) is 11.5 Å². The molecule has 3 rings (SSSR count). The molecule has 0 fully saturated rings. The van der Waals surface area contributed by atoms with Gasteiger partial charge in [-0.15, -0.1) is 0 Å². The molecule has 0 bridgehead atoms. The van der Waals surface area contributed by atoms with Crippen LogP contribution >= 0.6 is 12.2 Å². The van der Waals surface area contributed by atoms with Crippen LogP contribution in [0, 0.1) is 6.92 Å². The third-order valence-corrected chi connectivity index (χ3v) is 4.46. The molecule has 25 heavy (non-hydrogen) atoms. The van der Waals surface area contributed by atoms with Crippen LogP contribution in [0.3, 0.4) is 0 Å². The van der Waals surface area contributed by atoms with Crippen LogP contribution in [0.15, 0.2) is 36.4 Å². The fourth-order valence-electron chi connectivity index (χ4n) is 2.96. The highest BCUT2D eigenvalue weighted by atomic mass is 32.1. The van der Waals surface area contributed by atoms with Crippen LogP contribution in [0.2, 0.25) is 0 Å². The van der Waals surface area contributed by atoms with Gasteiger partial charge in [-0.2, -0.15) is 0 Å². The second-order valence-corrected chi connectivity index (χ2v) is 6.66. The van der Waals surface area contributed by atoms with E-state index in [0.717, 1.165) is 34.7 Å². The van der Waals surface area contributed by atoms with Crippen LogP contribution < -0.4 is 20.1 Å². The number of ether oxygens (including phenoxy) is 2. The van der Waals surface area contributed by atoms with Crippen LogP contribution in [0.5, 0.6) is 11.5 Å². The van der Waals surface area contributed by atoms with Gasteiger partial charge in [-0.05, 0) is 56.8 Å². The lowest BCUT2D eigenvalue weighted by Gasteiger charge is -2.15. The Kier molecular flexibility index (Phi) is 5.43. The molecule has 1 heterocycles. The summed E-state index contributed by atoms with van der Waals surface area (Å²) >= 11 is 5.43. The number of anilines is 1. The second-order valence-electron chi connectivity index (χ2n) is 6.26. The Balaban J connectivity index is 1.69. The van der Waals surface area contributed by atoms with Crippen molar-refractivity contribution in [3.63, 3.8) is 0 Å². The zero-order chi connectivity index (χ0) is 17.8. The van der Waals surface area contributed by atoms with E-state index in [4.69, 9.17) is 21.7 Å². The number of aryl methyl sites for hydroxylation is 1. The number of hydrogen-bond donors (Lipinski definition) is 2. The van der Waals surface area contributed by atoms with Gasteiger partial charge in [0, 0.05) is 29.8 Å². The Hall–Kier alpha value is -2.27. The molecule has 0 saturated carbocycles. The predicted molar refractivity (Wildman–Crippen MR) is 106 cm³/mol. The highest BCUT2D eigenvalue weighted by Gasteiger charge is 2.21. The molecule has 5 heteroatoms. The number of thiocarbonyl (C=S) groups is 1. The lowest BCUT2D eigenvalue weighted by Crippen LogP contribution is -2.28. The number of rotatable bonds is 5. The normalized spacial score (nSPS) is 15.2. The molecule has 0 unspecified atom stereocenters. The largest absolute Gasteiger partial charge is 0.494 e. The summed E-state index contributed by atoms with van der Waals surface area (Å²) in [5.41, 5.74) is 4.42. The van der Waals surface area contributed by atoms with Crippen LogP contribution in [0.1, 0.15) is 30.5 Å². The summed E-state index contributed by atoms with van der Waals surface area (Å²) in [4.78, 5) is 0. The SMILES string of the molecule is CCOc1cc2c(cc1CNC(=S)Nc1ccccc1C)O[C@@H](C)C2. The van der Waals surface area contributed by atoms with Gasteiger partial charge in [0.2, 0.25) is 0 Å². The van der Waals surface area contributed by atoms with Gasteiger partial charge < -0.3 is 20.1 Å². The molecule has 1 aliphatic rings. The fourth-order valence-corrected chi connectivity index (χ4v) is 3.15. The molecule has 0 aromatic heterocycles. The first-order valence-electron chi connectivity index (χ1n) is 8.62. The molecule has 132 valence electrons. The summed E-state index contributed by atoms with van der Waals surface area (Å²) in [6.07, 6.45) is 1.15. The lowest BCUT2D eigenvalue weighted by molar-refractivity contribution is 0.254. The van der Waals surface area contributed by atoms with E-state index >= 15 is 0 Å². The van der Waals surface area contributed by atoms with Crippen molar-refractivity contribution >= 4 is 23.0 Å². The maximum Gasteiger partial charge on any atom is 0.171 e. The number of benzene rings is 2. The van der Waals surface area contributed by atoms with Crippen molar-refractivity contribution in [2.24, 2.45) is 0 Å². The Bertz CT molecular complexity index is 776. The summed E-state index contributed by atoms with van der Waals surface area (Å²) in [7, 11) is 0. The van der Waals surface area contributed by atoms with Gasteiger partial charge >= 0.3 is 0 Å². The summed E-state index contributed by atoms with van der Waals surface area (Å²) in [5.74, 6) is 1.84. The van der Waals surface area contributed by atoms with Crippen molar-refractivity contribution < 1.29 is 9.47 Å². The smallest absolute Gasteiger partial charge is 0.171 e. The second kappa shape index (κ2) is 7.74. The maximum atomic E-state index is 5.87. The maximum absolute atomic E-state index is 5.87. The van der Waals surface area contributed by atoms with E-state index in [1.54, 1.807) is 0 Å². The molecule has 0 aliphatic carbocycles. The van der Waals surface area contributed by atoms with Gasteiger partial charge in [0.15, 0.2) is 5.11 Å². The summed E-state index contributed by atoms with van der Waals surface area (Å²) in [6.45, 7) is 7.34. The third kappa shape index (κ3) is 4.23. The molecule has 0 radical (unpaired) electrons. The number of para-hydroxylation sites is 1. The molecule has 1 atom stereocenters. The Labute approximate surface area is 154 Å². The minimum Gasteiger partial charge on any atom is -0.494 e. The first kappa shape index (κ1) is 17.5. The Morgan fingerprint density at radius 2 is 2.12 bits per heavy atom. The summed E-state index contributed by atoms with van der Waals surface area (Å²) in [5, 5.41) is 7.09. The van der Waals surface area contributed by atoms with E-state index in [1.807, 2.05) is 25.1 Å². The van der Waals surface area contributed by atoms with Gasteiger partial charge in [-0.25, -0.2) is 0 Å². The molecule has 2 N–H and O–H groups in total. The number of hydrogen-bond acceptors (Lipinski definition) is 3. The fraction of sp³-hybridized carbons (Fsp3) is 0.350. The minimum atomic E-state index is 0.219. The Morgan fingerprint density at radius 1 is 1.32 bits per heavy atom. The van der Waals surface area contributed by atoms with E-state index in [2.05, 4.69) is 42.7 Å². The van der Waals surface area contributed by atoms with E-state index in [0.29, 0.717) is 18.3 Å². The van der Waals surface area contributed by atoms with Crippen molar-refractivity contribution in [3.05, 3.63) is 53.1 Å². The van der Waals surface area contributed by atoms with E-state index in [-0.39, 0.29) is 6.10 Å². The zero-order valence-corrected chi connectivity index (χ0v) is 15.7. The Morgan fingerprint density at radius 3 is 2.88 bits per heavy atom. The molecule has 0 saturated heterocycles. The van der Waals surface area contributed by atoms with Gasteiger partial charge in [0.05, 0.1) is 6.61 Å². The lowest BCUT2D eigenvalue weighted by atomic mass is 10.1. The topological polar surface area (TPSA) is 42.5 Å². The van der Waals surface area contributed by atoms with Crippen molar-refractivity contribution in [2.45, 2.75) is 39.8 Å². The van der Waals surface area contributed by atoms with Crippen molar-refractivity contribution in [1.82, 2.24) is 5.32 Å². The van der Waals surface area contributed by atoms with E-state index in [1.165, 1.54) is 5.56 Å².